The molecule has 0 aliphatic carbocycles. The number of aliphatic hydroxyl groups is 3. The molecule has 6 heteroatoms. The Morgan fingerprint density at radius 1 is 1.33 bits per heavy atom. The maximum Gasteiger partial charge on any atom is 0.196 e. The number of aryl methyl sites for hydroxylation is 1. The van der Waals surface area contributed by atoms with Gasteiger partial charge in [0.25, 0.3) is 0 Å². The Morgan fingerprint density at radius 3 is 2.82 bits per heavy atom. The van der Waals surface area contributed by atoms with Crippen molar-refractivity contribution >= 4 is 6.21 Å². The highest BCUT2D eigenvalue weighted by Gasteiger charge is 2.30. The van der Waals surface area contributed by atoms with Crippen LogP contribution in [0.3, 0.4) is 0 Å². The third-order valence-electron chi connectivity index (χ3n) is 6.26. The first kappa shape index (κ1) is 25.2. The van der Waals surface area contributed by atoms with Gasteiger partial charge in [0.15, 0.2) is 23.2 Å². The lowest BCUT2D eigenvalue weighted by Crippen LogP contribution is -2.32. The minimum Gasteiger partial charge on any atom is -0.504 e. The van der Waals surface area contributed by atoms with E-state index in [4.69, 9.17) is 9.47 Å². The number of hydrogen-bond donors (Lipinski definition) is 3. The maximum atomic E-state index is 10.3. The number of aromatic hydroxyl groups is 1. The SMILES string of the molecule is CCCCC1[OH+][C-](CCc2ccc(O)c(OC[C@H](NC)C3=C[C+](C(C)C)C=N3)c2)C=C1CO. The lowest BCUT2D eigenvalue weighted by molar-refractivity contribution is -0.0550. The Labute approximate surface area is 198 Å². The standard InChI is InChI=1S/C27H38N2O4/c1-5-6-7-26-21(16-30)13-22(33-26)10-8-19-9-11-25(31)27(12-19)32-17-24(28-4)23-14-20(15-29-23)18(2)3/h9,11-15,18,24,26,28,30,33H,5-8,10,16-17H2,1-4H3/p+1/t24-,26?/m0/s1. The van der Waals surface area contributed by atoms with Gasteiger partial charge in [-0.2, -0.15) is 0 Å². The van der Waals surface area contributed by atoms with E-state index in [0.29, 0.717) is 18.3 Å². The predicted octanol–water partition coefficient (Wildman–Crippen LogP) is 4.04. The van der Waals surface area contributed by atoms with E-state index in [1.165, 1.54) is 5.92 Å². The molecule has 33 heavy (non-hydrogen) atoms. The zero-order valence-corrected chi connectivity index (χ0v) is 20.3. The second-order valence-corrected chi connectivity index (χ2v) is 9.09. The van der Waals surface area contributed by atoms with Crippen LogP contribution in [0, 0.1) is 17.9 Å². The molecule has 0 saturated heterocycles. The molecule has 0 saturated carbocycles. The van der Waals surface area contributed by atoms with Crippen molar-refractivity contribution in [3.05, 3.63) is 59.2 Å². The number of likely N-dealkylation sites (N-methyl/N-ethyl adjacent to an activating group) is 1. The van der Waals surface area contributed by atoms with Gasteiger partial charge in [0.1, 0.15) is 30.9 Å². The van der Waals surface area contributed by atoms with Crippen LogP contribution in [0.1, 0.15) is 52.0 Å². The number of rotatable bonds is 13. The summed E-state index contributed by atoms with van der Waals surface area (Å²) in [6.45, 7) is 6.92. The number of ether oxygens (including phenoxy) is 2. The van der Waals surface area contributed by atoms with Gasteiger partial charge < -0.3 is 19.7 Å². The van der Waals surface area contributed by atoms with Crippen LogP contribution in [0.25, 0.3) is 0 Å². The molecule has 1 aromatic rings. The highest BCUT2D eigenvalue weighted by Crippen LogP contribution is 2.32. The number of aliphatic hydroxyl groups excluding tert-OH is 1. The van der Waals surface area contributed by atoms with Crippen molar-refractivity contribution in [1.29, 1.82) is 0 Å². The fraction of sp³-hybridized carbons (Fsp3) is 0.519. The van der Waals surface area contributed by atoms with Gasteiger partial charge in [-0.05, 0) is 57.9 Å². The lowest BCUT2D eigenvalue weighted by atomic mass is 9.97. The zero-order valence-electron chi connectivity index (χ0n) is 20.3. The van der Waals surface area contributed by atoms with Crippen LogP contribution in [-0.2, 0) is 6.42 Å². The van der Waals surface area contributed by atoms with Crippen molar-refractivity contribution in [2.45, 2.75) is 65.0 Å². The summed E-state index contributed by atoms with van der Waals surface area (Å²) in [6, 6.07) is 5.45. The molecule has 1 unspecified atom stereocenters. The maximum absolute atomic E-state index is 10.3. The number of benzene rings is 1. The number of hydrogen-bond acceptors (Lipinski definition) is 5. The van der Waals surface area contributed by atoms with Crippen LogP contribution >= 0.6 is 0 Å². The molecule has 0 aromatic heterocycles. The number of phenols is 1. The van der Waals surface area contributed by atoms with Crippen LogP contribution < -0.4 is 10.1 Å². The molecule has 2 aliphatic heterocycles. The fourth-order valence-electron chi connectivity index (χ4n) is 4.06. The van der Waals surface area contributed by atoms with E-state index in [9.17, 15) is 10.2 Å². The normalized spacial score (nSPS) is 18.8. The molecule has 180 valence electrons. The van der Waals surface area contributed by atoms with Gasteiger partial charge in [0, 0.05) is 18.9 Å². The van der Waals surface area contributed by atoms with Crippen molar-refractivity contribution in [3.63, 3.8) is 0 Å². The van der Waals surface area contributed by atoms with Crippen LogP contribution in [0.2, 0.25) is 0 Å². The number of allylic oxidation sites excluding steroid dienone is 1. The molecule has 0 radical (unpaired) electrons. The zero-order chi connectivity index (χ0) is 23.8. The Bertz CT molecular complexity index is 862. The summed E-state index contributed by atoms with van der Waals surface area (Å²) in [5.74, 6) is 2.25. The number of unbranched alkanes of at least 4 members (excludes halogenated alkanes) is 1. The summed E-state index contributed by atoms with van der Waals surface area (Å²) < 4.78 is 10.8. The van der Waals surface area contributed by atoms with Crippen molar-refractivity contribution in [3.8, 4) is 11.5 Å². The smallest absolute Gasteiger partial charge is 0.196 e. The molecule has 0 spiro atoms. The highest BCUT2D eigenvalue weighted by atomic mass is 16.5. The first-order valence-corrected chi connectivity index (χ1v) is 12.1. The number of nitrogens with one attached hydrogen (secondary N) is 1. The molecule has 1 aromatic carbocycles. The summed E-state index contributed by atoms with van der Waals surface area (Å²) in [5, 5.41) is 23.2. The van der Waals surface area contributed by atoms with Gasteiger partial charge in [-0.25, -0.2) is 0 Å². The molecule has 2 atom stereocenters. The van der Waals surface area contributed by atoms with Crippen molar-refractivity contribution < 1.29 is 19.7 Å². The topological polar surface area (TPSA) is 86.9 Å². The summed E-state index contributed by atoms with van der Waals surface area (Å²) in [7, 11) is 1.89. The molecule has 0 fully saturated rings. The predicted molar refractivity (Wildman–Crippen MR) is 133 cm³/mol. The van der Waals surface area contributed by atoms with E-state index in [1.54, 1.807) is 6.07 Å². The van der Waals surface area contributed by atoms with E-state index in [2.05, 4.69) is 37.2 Å². The molecule has 3 rings (SSSR count). The first-order chi connectivity index (χ1) is 15.9. The minimum absolute atomic E-state index is 0.0597. The fourth-order valence-corrected chi connectivity index (χ4v) is 4.06. The quantitative estimate of drug-likeness (QED) is 0.309. The molecule has 6 nitrogen and oxygen atoms in total. The highest BCUT2D eigenvalue weighted by molar-refractivity contribution is 5.83. The largest absolute Gasteiger partial charge is 0.504 e. The van der Waals surface area contributed by atoms with Crippen LogP contribution in [0.4, 0.5) is 0 Å². The van der Waals surface area contributed by atoms with Crippen molar-refractivity contribution in [2.24, 2.45) is 10.9 Å². The first-order valence-electron chi connectivity index (χ1n) is 12.1. The van der Waals surface area contributed by atoms with Gasteiger partial charge in [0.2, 0.25) is 0 Å². The van der Waals surface area contributed by atoms with E-state index in [-0.39, 0.29) is 24.5 Å². The Hall–Kier alpha value is -2.41. The molecular formula is C27H39N2O4+. The Morgan fingerprint density at radius 2 is 2.15 bits per heavy atom. The van der Waals surface area contributed by atoms with Crippen molar-refractivity contribution in [1.82, 2.24) is 5.32 Å². The van der Waals surface area contributed by atoms with E-state index < -0.39 is 0 Å². The molecule has 2 aliphatic rings. The van der Waals surface area contributed by atoms with E-state index >= 15 is 0 Å². The summed E-state index contributed by atoms with van der Waals surface area (Å²) in [5.41, 5.74) is 3.05. The minimum atomic E-state index is -0.0597. The molecule has 0 bridgehead atoms. The second-order valence-electron chi connectivity index (χ2n) is 9.09. The average molecular weight is 456 g/mol. The monoisotopic (exact) mass is 455 g/mol. The van der Waals surface area contributed by atoms with Gasteiger partial charge in [0.05, 0.1) is 6.10 Å². The lowest BCUT2D eigenvalue weighted by Gasteiger charge is -2.19. The molecule has 2 heterocycles. The van der Waals surface area contributed by atoms with Gasteiger partial charge in [-0.15, -0.1) is 16.6 Å². The molecule has 4 N–H and O–H groups in total. The third kappa shape index (κ3) is 6.79. The number of aliphatic imine (C=N–C) groups is 1. The van der Waals surface area contributed by atoms with Crippen LogP contribution in [0.15, 0.2) is 46.6 Å². The summed E-state index contributed by atoms with van der Waals surface area (Å²) in [6.07, 6.45) is 12.1. The van der Waals surface area contributed by atoms with Crippen LogP contribution in [-0.4, -0.2) is 53.6 Å². The third-order valence-corrected chi connectivity index (χ3v) is 6.26. The molecule has 0 amide bonds. The number of phenolic OH excluding ortho intramolecular Hbond substituents is 1. The number of nitrogens with zero attached hydrogens (tertiary/aromatic N) is 1. The van der Waals surface area contributed by atoms with E-state index in [0.717, 1.165) is 55.0 Å². The van der Waals surface area contributed by atoms with Crippen molar-refractivity contribution in [2.75, 3.05) is 20.3 Å². The van der Waals surface area contributed by atoms with Crippen LogP contribution in [0.5, 0.6) is 11.5 Å². The summed E-state index contributed by atoms with van der Waals surface area (Å²) >= 11 is 0. The van der Waals surface area contributed by atoms with Gasteiger partial charge in [-0.1, -0.05) is 19.4 Å². The second kappa shape index (κ2) is 12.2. The Balaban J connectivity index is 1.56. The van der Waals surface area contributed by atoms with Gasteiger partial charge >= 0.3 is 0 Å². The van der Waals surface area contributed by atoms with E-state index in [1.807, 2.05) is 31.5 Å². The van der Waals surface area contributed by atoms with Gasteiger partial charge in [-0.3, -0.25) is 5.32 Å². The molecular weight excluding hydrogens is 416 g/mol. The Kier molecular flexibility index (Phi) is 9.30. The average Bonchev–Trinajstić information content (AvgIpc) is 3.45. The summed E-state index contributed by atoms with van der Waals surface area (Å²) in [4.78, 5) is 4.53.